The lowest BCUT2D eigenvalue weighted by atomic mass is 10.1. The normalized spacial score (nSPS) is 11.8. The van der Waals surface area contributed by atoms with Crippen molar-refractivity contribution in [2.75, 3.05) is 5.32 Å². The van der Waals surface area contributed by atoms with Gasteiger partial charge in [-0.1, -0.05) is 49.0 Å². The van der Waals surface area contributed by atoms with Gasteiger partial charge in [0, 0.05) is 11.3 Å². The van der Waals surface area contributed by atoms with Gasteiger partial charge in [0.1, 0.15) is 0 Å². The van der Waals surface area contributed by atoms with Gasteiger partial charge in [-0.2, -0.15) is 4.68 Å². The SMILES string of the molecule is CC[C@H](Sc1nnnn1-c1ccccc1)C(=O)Nc1cccc(C(C)=O)c1. The van der Waals surface area contributed by atoms with Crippen molar-refractivity contribution in [3.8, 4) is 5.69 Å². The lowest BCUT2D eigenvalue weighted by Gasteiger charge is -2.14. The van der Waals surface area contributed by atoms with Crippen molar-refractivity contribution in [1.29, 1.82) is 0 Å². The minimum absolute atomic E-state index is 0.0467. The summed E-state index contributed by atoms with van der Waals surface area (Å²) >= 11 is 1.30. The third kappa shape index (κ3) is 4.59. The molecule has 1 atom stereocenters. The lowest BCUT2D eigenvalue weighted by molar-refractivity contribution is -0.115. The molecule has 0 aliphatic rings. The monoisotopic (exact) mass is 381 g/mol. The summed E-state index contributed by atoms with van der Waals surface area (Å²) < 4.78 is 1.61. The van der Waals surface area contributed by atoms with Gasteiger partial charge in [0.25, 0.3) is 0 Å². The predicted octanol–water partition coefficient (Wildman–Crippen LogP) is 3.37. The van der Waals surface area contributed by atoms with Crippen LogP contribution in [0, 0.1) is 0 Å². The molecule has 3 rings (SSSR count). The molecule has 8 heteroatoms. The maximum Gasteiger partial charge on any atom is 0.237 e. The van der Waals surface area contributed by atoms with E-state index in [2.05, 4.69) is 20.8 Å². The molecule has 0 aliphatic carbocycles. The first-order valence-electron chi connectivity index (χ1n) is 8.50. The maximum atomic E-state index is 12.7. The zero-order chi connectivity index (χ0) is 19.2. The molecule has 0 aliphatic heterocycles. The van der Waals surface area contributed by atoms with Gasteiger partial charge in [0.05, 0.1) is 10.9 Å². The first kappa shape index (κ1) is 18.8. The first-order valence-corrected chi connectivity index (χ1v) is 9.38. The zero-order valence-electron chi connectivity index (χ0n) is 15.0. The number of aromatic nitrogens is 4. The van der Waals surface area contributed by atoms with Crippen molar-refractivity contribution in [1.82, 2.24) is 20.2 Å². The summed E-state index contributed by atoms with van der Waals surface area (Å²) in [6.07, 6.45) is 0.602. The van der Waals surface area contributed by atoms with Crippen LogP contribution >= 0.6 is 11.8 Å². The molecular formula is C19H19N5O2S. The number of benzene rings is 2. The van der Waals surface area contributed by atoms with E-state index in [1.807, 2.05) is 37.3 Å². The van der Waals surface area contributed by atoms with Crippen LogP contribution in [0.5, 0.6) is 0 Å². The largest absolute Gasteiger partial charge is 0.325 e. The average Bonchev–Trinajstić information content (AvgIpc) is 3.15. The van der Waals surface area contributed by atoms with Gasteiger partial charge in [-0.15, -0.1) is 5.10 Å². The van der Waals surface area contributed by atoms with Gasteiger partial charge >= 0.3 is 0 Å². The smallest absolute Gasteiger partial charge is 0.237 e. The third-order valence-corrected chi connectivity index (χ3v) is 5.19. The molecular weight excluding hydrogens is 362 g/mol. The number of thioether (sulfide) groups is 1. The molecule has 1 heterocycles. The van der Waals surface area contributed by atoms with Crippen LogP contribution in [-0.4, -0.2) is 37.1 Å². The number of rotatable bonds is 7. The Morgan fingerprint density at radius 1 is 1.15 bits per heavy atom. The second kappa shape index (κ2) is 8.59. The van der Waals surface area contributed by atoms with Gasteiger partial charge in [0.15, 0.2) is 5.78 Å². The van der Waals surface area contributed by atoms with Crippen molar-refractivity contribution in [3.05, 3.63) is 60.2 Å². The fraction of sp³-hybridized carbons (Fsp3) is 0.211. The number of para-hydroxylation sites is 1. The second-order valence-electron chi connectivity index (χ2n) is 5.85. The summed E-state index contributed by atoms with van der Waals surface area (Å²) in [5.41, 5.74) is 1.98. The third-order valence-electron chi connectivity index (χ3n) is 3.89. The number of amides is 1. The molecule has 7 nitrogen and oxygen atoms in total. The number of Topliss-reactive ketones (excluding diaryl/α,β-unsaturated/α-hetero) is 1. The van der Waals surface area contributed by atoms with Crippen LogP contribution in [0.1, 0.15) is 30.6 Å². The number of anilines is 1. The number of nitrogens with one attached hydrogen (secondary N) is 1. The number of carbonyl (C=O) groups is 2. The summed E-state index contributed by atoms with van der Waals surface area (Å²) in [5, 5.41) is 14.8. The van der Waals surface area contributed by atoms with Crippen molar-refractivity contribution in [2.24, 2.45) is 0 Å². The summed E-state index contributed by atoms with van der Waals surface area (Å²) in [4.78, 5) is 24.2. The number of hydrogen-bond acceptors (Lipinski definition) is 6. The zero-order valence-corrected chi connectivity index (χ0v) is 15.8. The van der Waals surface area contributed by atoms with E-state index >= 15 is 0 Å². The Morgan fingerprint density at radius 2 is 1.93 bits per heavy atom. The van der Waals surface area contributed by atoms with E-state index in [0.29, 0.717) is 22.8 Å². The first-order chi connectivity index (χ1) is 13.1. The molecule has 1 N–H and O–H groups in total. The fourth-order valence-corrected chi connectivity index (χ4v) is 3.38. The Morgan fingerprint density at radius 3 is 2.63 bits per heavy atom. The second-order valence-corrected chi connectivity index (χ2v) is 7.02. The molecule has 0 bridgehead atoms. The molecule has 0 saturated carbocycles. The molecule has 1 aromatic heterocycles. The summed E-state index contributed by atoms with van der Waals surface area (Å²) in [5.74, 6) is -0.208. The van der Waals surface area contributed by atoms with Crippen LogP contribution in [-0.2, 0) is 4.79 Å². The summed E-state index contributed by atoms with van der Waals surface area (Å²) in [7, 11) is 0. The Balaban J connectivity index is 1.75. The van der Waals surface area contributed by atoms with Crippen molar-refractivity contribution in [3.63, 3.8) is 0 Å². The Bertz CT molecular complexity index is 942. The number of nitrogens with zero attached hydrogens (tertiary/aromatic N) is 4. The van der Waals surface area contributed by atoms with E-state index in [0.717, 1.165) is 5.69 Å². The standard InChI is InChI=1S/C19H19N5O2S/c1-3-17(18(26)20-15-9-7-8-14(12-15)13(2)25)27-19-21-22-23-24(19)16-10-5-4-6-11-16/h4-12,17H,3H2,1-2H3,(H,20,26)/t17-/m0/s1. The minimum atomic E-state index is -0.376. The van der Waals surface area contributed by atoms with E-state index in [-0.39, 0.29) is 16.9 Å². The lowest BCUT2D eigenvalue weighted by Crippen LogP contribution is -2.25. The Hall–Kier alpha value is -3.00. The minimum Gasteiger partial charge on any atom is -0.325 e. The maximum absolute atomic E-state index is 12.7. The number of tetrazole rings is 1. The molecule has 0 fully saturated rings. The van der Waals surface area contributed by atoms with Crippen molar-refractivity contribution >= 4 is 29.1 Å². The van der Waals surface area contributed by atoms with E-state index in [1.165, 1.54) is 18.7 Å². The van der Waals surface area contributed by atoms with Crippen LogP contribution < -0.4 is 5.32 Å². The van der Waals surface area contributed by atoms with Crippen LogP contribution in [0.4, 0.5) is 5.69 Å². The average molecular weight is 381 g/mol. The molecule has 27 heavy (non-hydrogen) atoms. The van der Waals surface area contributed by atoms with Crippen LogP contribution in [0.3, 0.4) is 0 Å². The van der Waals surface area contributed by atoms with E-state index in [1.54, 1.807) is 28.9 Å². The highest BCUT2D eigenvalue weighted by Gasteiger charge is 2.22. The summed E-state index contributed by atoms with van der Waals surface area (Å²) in [6, 6.07) is 16.4. The number of hydrogen-bond donors (Lipinski definition) is 1. The molecule has 3 aromatic rings. The highest BCUT2D eigenvalue weighted by atomic mass is 32.2. The van der Waals surface area contributed by atoms with Gasteiger partial charge in [0.2, 0.25) is 11.1 Å². The summed E-state index contributed by atoms with van der Waals surface area (Å²) in [6.45, 7) is 3.43. The number of ketones is 1. The fourth-order valence-electron chi connectivity index (χ4n) is 2.47. The molecule has 0 radical (unpaired) electrons. The van der Waals surface area contributed by atoms with E-state index in [9.17, 15) is 9.59 Å². The highest BCUT2D eigenvalue weighted by molar-refractivity contribution is 8.00. The molecule has 1 amide bonds. The van der Waals surface area contributed by atoms with Gasteiger partial charge in [-0.05, 0) is 48.0 Å². The molecule has 138 valence electrons. The molecule has 0 saturated heterocycles. The van der Waals surface area contributed by atoms with Crippen LogP contribution in [0.25, 0.3) is 5.69 Å². The van der Waals surface area contributed by atoms with Crippen LogP contribution in [0.15, 0.2) is 59.8 Å². The van der Waals surface area contributed by atoms with Gasteiger partial charge < -0.3 is 5.32 Å². The van der Waals surface area contributed by atoms with E-state index < -0.39 is 0 Å². The molecule has 0 unspecified atom stereocenters. The van der Waals surface area contributed by atoms with Crippen molar-refractivity contribution in [2.45, 2.75) is 30.7 Å². The van der Waals surface area contributed by atoms with Gasteiger partial charge in [-0.3, -0.25) is 9.59 Å². The van der Waals surface area contributed by atoms with Crippen LogP contribution in [0.2, 0.25) is 0 Å². The van der Waals surface area contributed by atoms with Gasteiger partial charge in [-0.25, -0.2) is 0 Å². The number of carbonyl (C=O) groups excluding carboxylic acids is 2. The molecule has 2 aromatic carbocycles. The Labute approximate surface area is 161 Å². The quantitative estimate of drug-likeness (QED) is 0.498. The predicted molar refractivity (Wildman–Crippen MR) is 104 cm³/mol. The molecule has 0 spiro atoms. The Kier molecular flexibility index (Phi) is 5.97. The topological polar surface area (TPSA) is 89.8 Å². The highest BCUT2D eigenvalue weighted by Crippen LogP contribution is 2.26. The van der Waals surface area contributed by atoms with Crippen molar-refractivity contribution < 1.29 is 9.59 Å². The van der Waals surface area contributed by atoms with E-state index in [4.69, 9.17) is 0 Å².